The molecule has 0 bridgehead atoms. The van der Waals surface area contributed by atoms with Crippen LogP contribution in [0.25, 0.3) is 0 Å². The molecule has 0 aromatic heterocycles. The highest BCUT2D eigenvalue weighted by atomic mass is 16.7. The van der Waals surface area contributed by atoms with Crippen molar-refractivity contribution in [3.05, 3.63) is 23.8 Å². The summed E-state index contributed by atoms with van der Waals surface area (Å²) in [5.41, 5.74) is -6.96. The number of aliphatic hydroxyl groups is 1. The summed E-state index contributed by atoms with van der Waals surface area (Å²) in [6.45, 7) is 11.5. The van der Waals surface area contributed by atoms with Crippen molar-refractivity contribution in [2.75, 3.05) is 0 Å². The first kappa shape index (κ1) is 33.1. The van der Waals surface area contributed by atoms with E-state index < -0.39 is 101 Å². The number of epoxide rings is 1. The van der Waals surface area contributed by atoms with E-state index in [1.54, 1.807) is 6.92 Å². The van der Waals surface area contributed by atoms with Gasteiger partial charge in [-0.3, -0.25) is 24.0 Å². The molecule has 0 amide bonds. The molecule has 14 nitrogen and oxygen atoms in total. The number of fused-ring (bicyclic) bond motifs is 1. The molecular weight excluding hydrogens is 584 g/mol. The summed E-state index contributed by atoms with van der Waals surface area (Å²) in [6, 6.07) is 0. The average molecular weight is 623 g/mol. The number of rotatable bonds is 5. The topological polar surface area (TPSA) is 191 Å². The zero-order valence-corrected chi connectivity index (χ0v) is 26.0. The third-order valence-corrected chi connectivity index (χ3v) is 8.90. The lowest BCUT2D eigenvalue weighted by Crippen LogP contribution is -2.69. The maximum atomic E-state index is 13.2. The van der Waals surface area contributed by atoms with Gasteiger partial charge in [-0.1, -0.05) is 13.0 Å². The molecule has 0 aromatic rings. The molecule has 242 valence electrons. The van der Waals surface area contributed by atoms with Crippen molar-refractivity contribution in [1.29, 1.82) is 0 Å². The van der Waals surface area contributed by atoms with E-state index in [1.807, 2.05) is 0 Å². The summed E-state index contributed by atoms with van der Waals surface area (Å²) >= 11 is 0. The lowest BCUT2D eigenvalue weighted by Gasteiger charge is -2.56. The van der Waals surface area contributed by atoms with Crippen LogP contribution in [0.1, 0.15) is 62.3 Å². The Morgan fingerprint density at radius 2 is 1.32 bits per heavy atom. The van der Waals surface area contributed by atoms with Crippen LogP contribution in [-0.4, -0.2) is 94.3 Å². The smallest absolute Gasteiger partial charge is 0.342 e. The highest BCUT2D eigenvalue weighted by molar-refractivity contribution is 5.89. The molecule has 1 N–H and O–H groups in total. The van der Waals surface area contributed by atoms with Gasteiger partial charge in [0.15, 0.2) is 35.6 Å². The lowest BCUT2D eigenvalue weighted by atomic mass is 9.55. The molecule has 11 atom stereocenters. The van der Waals surface area contributed by atoms with E-state index in [-0.39, 0.29) is 5.57 Å². The van der Waals surface area contributed by atoms with Crippen molar-refractivity contribution in [2.45, 2.75) is 116 Å². The molecule has 1 spiro atoms. The van der Waals surface area contributed by atoms with Gasteiger partial charge in [0.2, 0.25) is 0 Å². The summed E-state index contributed by atoms with van der Waals surface area (Å²) in [5, 5.41) is 12.3. The van der Waals surface area contributed by atoms with Gasteiger partial charge in [-0.2, -0.15) is 0 Å². The van der Waals surface area contributed by atoms with Crippen LogP contribution in [0, 0.1) is 11.3 Å². The first-order valence-corrected chi connectivity index (χ1v) is 14.1. The van der Waals surface area contributed by atoms with Crippen LogP contribution < -0.4 is 0 Å². The number of ether oxygens (including phenoxy) is 7. The van der Waals surface area contributed by atoms with E-state index in [0.29, 0.717) is 0 Å². The maximum Gasteiger partial charge on any atom is 0.342 e. The second-order valence-corrected chi connectivity index (χ2v) is 12.3. The minimum Gasteiger partial charge on any atom is -0.459 e. The molecule has 2 fully saturated rings. The Kier molecular flexibility index (Phi) is 8.27. The summed E-state index contributed by atoms with van der Waals surface area (Å²) in [7, 11) is 0. The highest BCUT2D eigenvalue weighted by Crippen LogP contribution is 2.65. The predicted octanol–water partition coefficient (Wildman–Crippen LogP) is 1.00. The molecule has 0 saturated carbocycles. The first-order chi connectivity index (χ1) is 20.2. The second kappa shape index (κ2) is 11.0. The minimum absolute atomic E-state index is 0.230. The fraction of sp³-hybridized carbons (Fsp3) is 0.667. The van der Waals surface area contributed by atoms with Crippen LogP contribution in [0.3, 0.4) is 0 Å². The summed E-state index contributed by atoms with van der Waals surface area (Å²) in [4.78, 5) is 75.7. The molecule has 0 radical (unpaired) electrons. The van der Waals surface area contributed by atoms with Gasteiger partial charge in [0.1, 0.15) is 17.8 Å². The van der Waals surface area contributed by atoms with Gasteiger partial charge in [0, 0.05) is 46.0 Å². The van der Waals surface area contributed by atoms with Crippen molar-refractivity contribution in [1.82, 2.24) is 0 Å². The van der Waals surface area contributed by atoms with Crippen LogP contribution >= 0.6 is 0 Å². The summed E-state index contributed by atoms with van der Waals surface area (Å²) < 4.78 is 40.4. The Balaban J connectivity index is 2.14. The largest absolute Gasteiger partial charge is 0.459 e. The number of hydrogen-bond acceptors (Lipinski definition) is 14. The average Bonchev–Trinajstić information content (AvgIpc) is 3.46. The van der Waals surface area contributed by atoms with Crippen molar-refractivity contribution in [3.63, 3.8) is 0 Å². The SMILES string of the molecule is CC(=O)O[C@@H]1[C@@H](OC(C)=O)/C(C)=C\[C@@H]2OC(=O)[C@]3(C)O[C@]23[C@@H](OC(C)=O)[C@H]2[C@](C)(O)[C@H](OC(C)=O)C=C[C@]2(C)[C@H]1OC(C)=O. The van der Waals surface area contributed by atoms with Crippen molar-refractivity contribution < 1.29 is 67.0 Å². The molecule has 2 aliphatic carbocycles. The third-order valence-electron chi connectivity index (χ3n) is 8.90. The number of hydrogen-bond donors (Lipinski definition) is 1. The Labute approximate surface area is 253 Å². The monoisotopic (exact) mass is 622 g/mol. The van der Waals surface area contributed by atoms with Crippen LogP contribution in [0.2, 0.25) is 0 Å². The van der Waals surface area contributed by atoms with Gasteiger partial charge in [-0.15, -0.1) is 0 Å². The third kappa shape index (κ3) is 5.17. The maximum absolute atomic E-state index is 13.2. The fourth-order valence-corrected chi connectivity index (χ4v) is 7.16. The van der Waals surface area contributed by atoms with E-state index in [9.17, 15) is 33.9 Å². The van der Waals surface area contributed by atoms with Gasteiger partial charge in [0.25, 0.3) is 0 Å². The Morgan fingerprint density at radius 1 is 0.795 bits per heavy atom. The first-order valence-electron chi connectivity index (χ1n) is 14.1. The highest BCUT2D eigenvalue weighted by Gasteiger charge is 2.88. The molecule has 4 aliphatic rings. The van der Waals surface area contributed by atoms with Gasteiger partial charge in [-0.25, -0.2) is 4.79 Å². The predicted molar refractivity (Wildman–Crippen MR) is 145 cm³/mol. The van der Waals surface area contributed by atoms with Gasteiger partial charge < -0.3 is 38.3 Å². The normalized spacial score (nSPS) is 43.4. The summed E-state index contributed by atoms with van der Waals surface area (Å²) in [6.07, 6.45) is -4.30. The van der Waals surface area contributed by atoms with E-state index >= 15 is 0 Å². The standard InChI is InChI=1S/C30H38O14/c1-13-12-20-30(29(9,44-30)26(36)43-20)25(42-18(6)35)23-27(7,11-10-19(28(23,8)37)38-14(2)31)24(41-17(5)34)22(40-16(4)33)21(13)39-15(3)32/h10-12,19-25,37H,1-9H3/b13-12-/t19-,20+,21+,22-,23-,24+,25+,27+,28-,29+,30+/m1/s1. The zero-order chi connectivity index (χ0) is 33.2. The number of esters is 6. The van der Waals surface area contributed by atoms with Crippen LogP contribution in [0.15, 0.2) is 23.8 Å². The second-order valence-electron chi connectivity index (χ2n) is 12.3. The van der Waals surface area contributed by atoms with Crippen molar-refractivity contribution in [3.8, 4) is 0 Å². The molecular formula is C30H38O14. The Bertz CT molecular complexity index is 1350. The lowest BCUT2D eigenvalue weighted by molar-refractivity contribution is -0.233. The van der Waals surface area contributed by atoms with Crippen molar-refractivity contribution in [2.24, 2.45) is 11.3 Å². The van der Waals surface area contributed by atoms with Crippen LogP contribution in [0.5, 0.6) is 0 Å². The number of carbonyl (C=O) groups is 6. The molecule has 0 aromatic carbocycles. The summed E-state index contributed by atoms with van der Waals surface area (Å²) in [5.74, 6) is -6.17. The molecule has 2 aliphatic heterocycles. The minimum atomic E-state index is -2.12. The van der Waals surface area contributed by atoms with Crippen LogP contribution in [0.4, 0.5) is 0 Å². The fourth-order valence-electron chi connectivity index (χ4n) is 7.16. The number of carbonyl (C=O) groups excluding carboxylic acids is 6. The van der Waals surface area contributed by atoms with Gasteiger partial charge in [-0.05, 0) is 38.5 Å². The zero-order valence-electron chi connectivity index (χ0n) is 26.0. The molecule has 44 heavy (non-hydrogen) atoms. The molecule has 2 heterocycles. The Morgan fingerprint density at radius 3 is 1.82 bits per heavy atom. The van der Waals surface area contributed by atoms with E-state index in [1.165, 1.54) is 39.0 Å². The molecule has 2 saturated heterocycles. The quantitative estimate of drug-likeness (QED) is 0.198. The molecule has 0 unspecified atom stereocenters. The van der Waals surface area contributed by atoms with E-state index in [4.69, 9.17) is 33.2 Å². The molecule has 14 heteroatoms. The Hall–Kier alpha value is -3.78. The van der Waals surface area contributed by atoms with Gasteiger partial charge >= 0.3 is 35.8 Å². The van der Waals surface area contributed by atoms with Crippen molar-refractivity contribution >= 4 is 35.8 Å². The van der Waals surface area contributed by atoms with E-state index in [2.05, 4.69) is 0 Å². The van der Waals surface area contributed by atoms with E-state index in [0.717, 1.165) is 34.6 Å². The molecule has 4 rings (SSSR count). The van der Waals surface area contributed by atoms with Crippen LogP contribution in [-0.2, 0) is 61.9 Å². The van der Waals surface area contributed by atoms with Gasteiger partial charge in [0.05, 0.1) is 0 Å².